The van der Waals surface area contributed by atoms with Gasteiger partial charge in [-0.15, -0.1) is 11.8 Å². The number of carbonyl (C=O) groups is 1. The van der Waals surface area contributed by atoms with Crippen LogP contribution in [0.25, 0.3) is 0 Å². The zero-order valence-corrected chi connectivity index (χ0v) is 7.46. The van der Waals surface area contributed by atoms with E-state index >= 15 is 0 Å². The van der Waals surface area contributed by atoms with Crippen molar-refractivity contribution in [2.24, 2.45) is 0 Å². The summed E-state index contributed by atoms with van der Waals surface area (Å²) in [4.78, 5) is 11.4. The SMILES string of the molecule is O=C1CCSc2c(F)ccc(F)c21. The maximum absolute atomic E-state index is 13.1. The van der Waals surface area contributed by atoms with E-state index in [2.05, 4.69) is 0 Å². The summed E-state index contributed by atoms with van der Waals surface area (Å²) >= 11 is 1.20. The predicted molar refractivity (Wildman–Crippen MR) is 46.0 cm³/mol. The second kappa shape index (κ2) is 3.10. The summed E-state index contributed by atoms with van der Waals surface area (Å²) in [5.74, 6) is -0.888. The number of benzene rings is 1. The largest absolute Gasteiger partial charge is 0.294 e. The molecule has 1 heterocycles. The van der Waals surface area contributed by atoms with Crippen LogP contribution in [0.4, 0.5) is 8.78 Å². The van der Waals surface area contributed by atoms with Crippen LogP contribution in [0.3, 0.4) is 0 Å². The molecule has 0 atom stereocenters. The van der Waals surface area contributed by atoms with Crippen molar-refractivity contribution in [2.75, 3.05) is 5.75 Å². The Balaban J connectivity index is 2.67. The number of halogens is 2. The smallest absolute Gasteiger partial charge is 0.167 e. The molecule has 0 aliphatic carbocycles. The van der Waals surface area contributed by atoms with Gasteiger partial charge in [0.2, 0.25) is 0 Å². The molecule has 0 unspecified atom stereocenters. The number of Topliss-reactive ketones (excluding diaryl/α,β-unsaturated/α-hetero) is 1. The normalized spacial score (nSPS) is 15.7. The predicted octanol–water partition coefficient (Wildman–Crippen LogP) is 2.64. The summed E-state index contributed by atoms with van der Waals surface area (Å²) in [5.41, 5.74) is -0.0729. The minimum absolute atomic E-state index is 0.0729. The van der Waals surface area contributed by atoms with Crippen LogP contribution in [0.5, 0.6) is 0 Å². The number of fused-ring (bicyclic) bond motifs is 1. The van der Waals surface area contributed by atoms with Crippen molar-refractivity contribution < 1.29 is 13.6 Å². The molecular weight excluding hydrogens is 194 g/mol. The highest BCUT2D eigenvalue weighted by atomic mass is 32.2. The molecular formula is C9H6F2OS. The number of carbonyl (C=O) groups excluding carboxylic acids is 1. The van der Waals surface area contributed by atoms with Crippen LogP contribution >= 0.6 is 11.8 Å². The van der Waals surface area contributed by atoms with Gasteiger partial charge in [-0.3, -0.25) is 4.79 Å². The van der Waals surface area contributed by atoms with E-state index in [4.69, 9.17) is 0 Å². The second-order valence-electron chi connectivity index (χ2n) is 2.75. The van der Waals surface area contributed by atoms with Crippen molar-refractivity contribution in [3.8, 4) is 0 Å². The van der Waals surface area contributed by atoms with Crippen LogP contribution in [0.2, 0.25) is 0 Å². The molecule has 0 spiro atoms. The van der Waals surface area contributed by atoms with Gasteiger partial charge in [0.1, 0.15) is 11.6 Å². The van der Waals surface area contributed by atoms with Gasteiger partial charge in [0.15, 0.2) is 5.78 Å². The first-order chi connectivity index (χ1) is 6.20. The Bertz CT molecular complexity index is 376. The molecule has 1 nitrogen and oxygen atoms in total. The van der Waals surface area contributed by atoms with Crippen LogP contribution < -0.4 is 0 Å². The average molecular weight is 200 g/mol. The van der Waals surface area contributed by atoms with E-state index in [1.165, 1.54) is 11.8 Å². The zero-order chi connectivity index (χ0) is 9.42. The van der Waals surface area contributed by atoms with Crippen molar-refractivity contribution in [1.29, 1.82) is 0 Å². The van der Waals surface area contributed by atoms with E-state index in [-0.39, 0.29) is 22.7 Å². The van der Waals surface area contributed by atoms with Gasteiger partial charge in [-0.25, -0.2) is 8.78 Å². The first-order valence-electron chi connectivity index (χ1n) is 3.84. The molecule has 1 aliphatic rings. The van der Waals surface area contributed by atoms with E-state index in [0.29, 0.717) is 5.75 Å². The Labute approximate surface area is 78.1 Å². The zero-order valence-electron chi connectivity index (χ0n) is 6.64. The first-order valence-corrected chi connectivity index (χ1v) is 4.82. The van der Waals surface area contributed by atoms with E-state index in [0.717, 1.165) is 12.1 Å². The van der Waals surface area contributed by atoms with E-state index in [1.807, 2.05) is 0 Å². The summed E-state index contributed by atoms with van der Waals surface area (Å²) in [6.07, 6.45) is 0.290. The highest BCUT2D eigenvalue weighted by molar-refractivity contribution is 7.99. The number of rotatable bonds is 0. The van der Waals surface area contributed by atoms with Gasteiger partial charge in [-0.2, -0.15) is 0 Å². The van der Waals surface area contributed by atoms with Crippen LogP contribution in [0.1, 0.15) is 16.8 Å². The Kier molecular flexibility index (Phi) is 2.07. The lowest BCUT2D eigenvalue weighted by Crippen LogP contribution is -2.12. The topological polar surface area (TPSA) is 17.1 Å². The third kappa shape index (κ3) is 1.35. The standard InChI is InChI=1S/C9H6F2OS/c10-5-1-2-6(11)9-8(5)7(12)3-4-13-9/h1-2H,3-4H2. The lowest BCUT2D eigenvalue weighted by molar-refractivity contribution is 0.0979. The average Bonchev–Trinajstić information content (AvgIpc) is 2.12. The lowest BCUT2D eigenvalue weighted by Gasteiger charge is -2.14. The minimum atomic E-state index is -0.617. The molecule has 0 saturated carbocycles. The van der Waals surface area contributed by atoms with Gasteiger partial charge in [0, 0.05) is 12.2 Å². The molecule has 68 valence electrons. The van der Waals surface area contributed by atoms with Crippen LogP contribution in [-0.4, -0.2) is 11.5 Å². The van der Waals surface area contributed by atoms with Crippen molar-refractivity contribution in [1.82, 2.24) is 0 Å². The highest BCUT2D eigenvalue weighted by Gasteiger charge is 2.24. The third-order valence-corrected chi connectivity index (χ3v) is 3.01. The summed E-state index contributed by atoms with van der Waals surface area (Å²) in [5, 5.41) is 0. The van der Waals surface area contributed by atoms with Crippen LogP contribution in [0, 0.1) is 11.6 Å². The second-order valence-corrected chi connectivity index (χ2v) is 3.86. The van der Waals surface area contributed by atoms with E-state index in [1.54, 1.807) is 0 Å². The van der Waals surface area contributed by atoms with Gasteiger partial charge in [0.25, 0.3) is 0 Å². The number of thioether (sulfide) groups is 1. The molecule has 1 aromatic rings. The lowest BCUT2D eigenvalue weighted by atomic mass is 10.1. The van der Waals surface area contributed by atoms with Crippen LogP contribution in [0.15, 0.2) is 17.0 Å². The van der Waals surface area contributed by atoms with Crippen LogP contribution in [-0.2, 0) is 0 Å². The molecule has 4 heteroatoms. The molecule has 1 aromatic carbocycles. The number of hydrogen-bond donors (Lipinski definition) is 0. The fraction of sp³-hybridized carbons (Fsp3) is 0.222. The number of hydrogen-bond acceptors (Lipinski definition) is 2. The maximum atomic E-state index is 13.1. The Morgan fingerprint density at radius 2 is 1.92 bits per heavy atom. The van der Waals surface area contributed by atoms with E-state index < -0.39 is 11.6 Å². The molecule has 0 radical (unpaired) electrons. The molecule has 0 bridgehead atoms. The third-order valence-electron chi connectivity index (χ3n) is 1.91. The van der Waals surface area contributed by atoms with Gasteiger partial charge in [-0.05, 0) is 12.1 Å². The number of ketones is 1. The van der Waals surface area contributed by atoms with Crippen molar-refractivity contribution in [2.45, 2.75) is 11.3 Å². The molecule has 0 saturated heterocycles. The van der Waals surface area contributed by atoms with Crippen molar-refractivity contribution >= 4 is 17.5 Å². The summed E-state index contributed by atoms with van der Waals surface area (Å²) in [7, 11) is 0. The highest BCUT2D eigenvalue weighted by Crippen LogP contribution is 2.33. The Morgan fingerprint density at radius 3 is 2.62 bits per heavy atom. The van der Waals surface area contributed by atoms with E-state index in [9.17, 15) is 13.6 Å². The molecule has 2 rings (SSSR count). The first kappa shape index (κ1) is 8.69. The van der Waals surface area contributed by atoms with Gasteiger partial charge < -0.3 is 0 Å². The minimum Gasteiger partial charge on any atom is -0.294 e. The fourth-order valence-electron chi connectivity index (χ4n) is 1.30. The maximum Gasteiger partial charge on any atom is 0.167 e. The molecule has 1 aliphatic heterocycles. The monoisotopic (exact) mass is 200 g/mol. The van der Waals surface area contributed by atoms with Gasteiger partial charge in [-0.1, -0.05) is 0 Å². The van der Waals surface area contributed by atoms with Gasteiger partial charge >= 0.3 is 0 Å². The van der Waals surface area contributed by atoms with Gasteiger partial charge in [0.05, 0.1) is 10.5 Å². The molecule has 0 amide bonds. The summed E-state index contributed by atoms with van der Waals surface area (Å²) in [6, 6.07) is 2.05. The molecule has 13 heavy (non-hydrogen) atoms. The Hall–Kier alpha value is -0.900. The summed E-state index contributed by atoms with van der Waals surface area (Å²) in [6.45, 7) is 0. The molecule has 0 aromatic heterocycles. The Morgan fingerprint density at radius 1 is 1.23 bits per heavy atom. The quantitative estimate of drug-likeness (QED) is 0.640. The molecule has 0 fully saturated rings. The molecule has 0 N–H and O–H groups in total. The van der Waals surface area contributed by atoms with Crippen molar-refractivity contribution in [3.05, 3.63) is 29.3 Å². The fourth-order valence-corrected chi connectivity index (χ4v) is 2.36. The summed E-state index contributed by atoms with van der Waals surface area (Å²) < 4.78 is 26.2. The van der Waals surface area contributed by atoms with Crippen molar-refractivity contribution in [3.63, 3.8) is 0 Å².